The molecule has 188 valence electrons. The molecule has 1 aromatic carbocycles. The highest BCUT2D eigenvalue weighted by atomic mass is 32.2. The van der Waals surface area contributed by atoms with Crippen LogP contribution in [0.15, 0.2) is 53.7 Å². The van der Waals surface area contributed by atoms with Crippen LogP contribution in [-0.2, 0) is 6.54 Å². The lowest BCUT2D eigenvalue weighted by Crippen LogP contribution is -2.25. The third kappa shape index (κ3) is 4.76. The van der Waals surface area contributed by atoms with Gasteiger partial charge in [0.1, 0.15) is 16.6 Å². The molecule has 1 aliphatic rings. The van der Waals surface area contributed by atoms with Crippen LogP contribution < -0.4 is 14.5 Å². The lowest BCUT2D eigenvalue weighted by atomic mass is 10.0. The van der Waals surface area contributed by atoms with Crippen LogP contribution >= 0.6 is 11.8 Å². The summed E-state index contributed by atoms with van der Waals surface area (Å²) in [5.74, 6) is 2.59. The lowest BCUT2D eigenvalue weighted by molar-refractivity contribution is 0.415. The Hall–Kier alpha value is -3.19. The van der Waals surface area contributed by atoms with Gasteiger partial charge in [-0.3, -0.25) is 0 Å². The number of thioether (sulfide) groups is 1. The maximum Gasteiger partial charge on any atom is 0.142 e. The predicted molar refractivity (Wildman–Crippen MR) is 151 cm³/mol. The van der Waals surface area contributed by atoms with Crippen molar-refractivity contribution in [3.05, 3.63) is 65.4 Å². The Labute approximate surface area is 218 Å². The molecule has 36 heavy (non-hydrogen) atoms. The summed E-state index contributed by atoms with van der Waals surface area (Å²) < 4.78 is 7.93. The second-order valence-electron chi connectivity index (χ2n) is 9.97. The van der Waals surface area contributed by atoms with Gasteiger partial charge in [-0.15, -0.1) is 11.8 Å². The first-order valence-corrected chi connectivity index (χ1v) is 13.7. The fraction of sp³-hybridized carbons (Fsp3) is 0.379. The van der Waals surface area contributed by atoms with E-state index in [2.05, 4.69) is 77.0 Å². The number of fused-ring (bicyclic) bond motifs is 1. The second-order valence-corrected chi connectivity index (χ2v) is 10.8. The second kappa shape index (κ2) is 10.1. The van der Waals surface area contributed by atoms with Crippen molar-refractivity contribution in [3.63, 3.8) is 0 Å². The Morgan fingerprint density at radius 1 is 1.11 bits per heavy atom. The third-order valence-electron chi connectivity index (χ3n) is 6.85. The van der Waals surface area contributed by atoms with Crippen LogP contribution in [0.5, 0.6) is 5.75 Å². The lowest BCUT2D eigenvalue weighted by Gasteiger charge is -2.25. The zero-order valence-corrected chi connectivity index (χ0v) is 22.9. The Morgan fingerprint density at radius 2 is 1.92 bits per heavy atom. The molecule has 3 heterocycles. The quantitative estimate of drug-likeness (QED) is 0.254. The Bertz CT molecular complexity index is 1370. The first-order chi connectivity index (χ1) is 17.4. The first-order valence-electron chi connectivity index (χ1n) is 12.5. The molecule has 0 atom stereocenters. The summed E-state index contributed by atoms with van der Waals surface area (Å²) in [7, 11) is 5.79. The summed E-state index contributed by atoms with van der Waals surface area (Å²) in [6, 6.07) is 15.1. The topological polar surface area (TPSA) is 45.9 Å². The van der Waals surface area contributed by atoms with Crippen molar-refractivity contribution < 1.29 is 4.74 Å². The maximum absolute atomic E-state index is 5.82. The largest absolute Gasteiger partial charge is 0.496 e. The molecule has 1 fully saturated rings. The molecule has 0 N–H and O–H groups in total. The fourth-order valence-electron chi connectivity index (χ4n) is 4.92. The van der Waals surface area contributed by atoms with Crippen molar-refractivity contribution in [1.29, 1.82) is 0 Å². The van der Waals surface area contributed by atoms with E-state index in [0.29, 0.717) is 0 Å². The van der Waals surface area contributed by atoms with Crippen molar-refractivity contribution in [1.82, 2.24) is 14.6 Å². The Kier molecular flexibility index (Phi) is 6.84. The highest BCUT2D eigenvalue weighted by Crippen LogP contribution is 2.41. The average Bonchev–Trinajstić information content (AvgIpc) is 3.60. The van der Waals surface area contributed by atoms with Crippen LogP contribution in [0.4, 0.5) is 11.5 Å². The van der Waals surface area contributed by atoms with Gasteiger partial charge in [0.05, 0.1) is 24.0 Å². The predicted octanol–water partition coefficient (Wildman–Crippen LogP) is 6.23. The minimum absolute atomic E-state index is 0.742. The molecule has 6 nitrogen and oxygen atoms in total. The van der Waals surface area contributed by atoms with Gasteiger partial charge in [0, 0.05) is 38.9 Å². The molecule has 1 aliphatic carbocycles. The number of hydrogen-bond donors (Lipinski definition) is 0. The smallest absolute Gasteiger partial charge is 0.142 e. The number of pyridine rings is 2. The molecule has 0 unspecified atom stereocenters. The van der Waals surface area contributed by atoms with E-state index in [1.54, 1.807) is 18.9 Å². The van der Waals surface area contributed by atoms with E-state index in [4.69, 9.17) is 9.84 Å². The zero-order chi connectivity index (χ0) is 25.4. The average molecular weight is 502 g/mol. The van der Waals surface area contributed by atoms with E-state index >= 15 is 0 Å². The molecule has 0 spiro atoms. The molecule has 3 aromatic heterocycles. The highest BCUT2D eigenvalue weighted by Gasteiger charge is 2.28. The van der Waals surface area contributed by atoms with Crippen molar-refractivity contribution in [2.75, 3.05) is 43.8 Å². The standard InChI is InChI=1S/C29H35N5OS/c1-19-14-20(2)27(25(15-19)35-5)23-8-7-9-24-28(29(36-6)31-34(23)24)33(17-21-10-11-21)18-22-12-13-26(30-16-22)32(3)4/h7-9,12-16,21H,10-11,17-18H2,1-6H3. The molecule has 0 amide bonds. The minimum atomic E-state index is 0.742. The molecule has 0 radical (unpaired) electrons. The highest BCUT2D eigenvalue weighted by molar-refractivity contribution is 7.98. The summed E-state index contributed by atoms with van der Waals surface area (Å²) in [6.45, 7) is 6.09. The number of nitrogens with zero attached hydrogens (tertiary/aromatic N) is 5. The molecule has 4 aromatic rings. The van der Waals surface area contributed by atoms with Gasteiger partial charge in [-0.25, -0.2) is 9.50 Å². The number of rotatable bonds is 9. The van der Waals surface area contributed by atoms with E-state index in [-0.39, 0.29) is 0 Å². The number of aryl methyl sites for hydroxylation is 2. The van der Waals surface area contributed by atoms with Crippen LogP contribution in [0.1, 0.15) is 29.5 Å². The van der Waals surface area contributed by atoms with Crippen LogP contribution in [0.2, 0.25) is 0 Å². The molecule has 5 rings (SSSR count). The summed E-state index contributed by atoms with van der Waals surface area (Å²) in [5.41, 5.74) is 8.05. The van der Waals surface area contributed by atoms with Crippen LogP contribution in [0.25, 0.3) is 16.8 Å². The number of methoxy groups -OCH3 is 1. The van der Waals surface area contributed by atoms with Crippen molar-refractivity contribution in [3.8, 4) is 17.0 Å². The molecule has 0 aliphatic heterocycles. The molecule has 1 saturated carbocycles. The van der Waals surface area contributed by atoms with E-state index in [1.807, 2.05) is 25.2 Å². The van der Waals surface area contributed by atoms with Gasteiger partial charge in [0.25, 0.3) is 0 Å². The van der Waals surface area contributed by atoms with E-state index in [0.717, 1.165) is 52.4 Å². The number of benzene rings is 1. The molecular weight excluding hydrogens is 466 g/mol. The molecular formula is C29H35N5OS. The Morgan fingerprint density at radius 3 is 2.56 bits per heavy atom. The van der Waals surface area contributed by atoms with Crippen LogP contribution in [-0.4, -0.2) is 48.6 Å². The van der Waals surface area contributed by atoms with Gasteiger partial charge in [-0.2, -0.15) is 5.10 Å². The first kappa shape index (κ1) is 24.5. The number of anilines is 2. The van der Waals surface area contributed by atoms with Gasteiger partial charge in [0.15, 0.2) is 0 Å². The van der Waals surface area contributed by atoms with E-state index < -0.39 is 0 Å². The maximum atomic E-state index is 5.82. The van der Waals surface area contributed by atoms with E-state index in [9.17, 15) is 0 Å². The SMILES string of the molecule is COc1cc(C)cc(C)c1-c1cccc2c(N(Cc3ccc(N(C)C)nc3)CC3CC3)c(SC)nn12. The normalized spacial score (nSPS) is 13.3. The summed E-state index contributed by atoms with van der Waals surface area (Å²) in [5, 5.41) is 6.18. The minimum Gasteiger partial charge on any atom is -0.496 e. The Balaban J connectivity index is 1.62. The van der Waals surface area contributed by atoms with Crippen molar-refractivity contribution >= 4 is 28.8 Å². The third-order valence-corrected chi connectivity index (χ3v) is 7.51. The number of hydrogen-bond acceptors (Lipinski definition) is 6. The van der Waals surface area contributed by atoms with Gasteiger partial charge >= 0.3 is 0 Å². The van der Waals surface area contributed by atoms with Crippen molar-refractivity contribution in [2.45, 2.75) is 38.3 Å². The van der Waals surface area contributed by atoms with Crippen molar-refractivity contribution in [2.24, 2.45) is 5.92 Å². The van der Waals surface area contributed by atoms with Crippen LogP contribution in [0.3, 0.4) is 0 Å². The summed E-state index contributed by atoms with van der Waals surface area (Å²) >= 11 is 1.71. The summed E-state index contributed by atoms with van der Waals surface area (Å²) in [4.78, 5) is 9.21. The molecule has 7 heteroatoms. The molecule has 0 bridgehead atoms. The number of ether oxygens (including phenoxy) is 1. The van der Waals surface area contributed by atoms with Gasteiger partial charge in [-0.1, -0.05) is 18.2 Å². The van der Waals surface area contributed by atoms with Gasteiger partial charge < -0.3 is 14.5 Å². The zero-order valence-electron chi connectivity index (χ0n) is 22.1. The van der Waals surface area contributed by atoms with Crippen LogP contribution in [0, 0.1) is 19.8 Å². The summed E-state index contributed by atoms with van der Waals surface area (Å²) in [6.07, 6.45) is 6.72. The fourth-order valence-corrected chi connectivity index (χ4v) is 5.51. The van der Waals surface area contributed by atoms with E-state index in [1.165, 1.54) is 35.2 Å². The molecule has 0 saturated heterocycles. The monoisotopic (exact) mass is 501 g/mol. The van der Waals surface area contributed by atoms with Gasteiger partial charge in [-0.05, 0) is 79.8 Å². The number of aromatic nitrogens is 3. The van der Waals surface area contributed by atoms with Gasteiger partial charge in [0.2, 0.25) is 0 Å².